The SMILES string of the molecule is CN1C(=O)[C@@H]2CC[C@H]1CN(C(=O)c1cnc(N3CCOCC3)nc1)C2. The van der Waals surface area contributed by atoms with E-state index < -0.39 is 0 Å². The van der Waals surface area contributed by atoms with Crippen molar-refractivity contribution >= 4 is 17.8 Å². The first kappa shape index (κ1) is 16.3. The highest BCUT2D eigenvalue weighted by atomic mass is 16.5. The van der Waals surface area contributed by atoms with Gasteiger partial charge in [-0.2, -0.15) is 0 Å². The highest BCUT2D eigenvalue weighted by Crippen LogP contribution is 2.28. The Morgan fingerprint density at radius 3 is 2.60 bits per heavy atom. The molecule has 25 heavy (non-hydrogen) atoms. The maximum atomic E-state index is 12.9. The number of fused-ring (bicyclic) bond motifs is 4. The van der Waals surface area contributed by atoms with Crippen LogP contribution in [0.4, 0.5) is 5.95 Å². The number of rotatable bonds is 2. The number of morpholine rings is 1. The normalized spacial score (nSPS) is 26.8. The Bertz CT molecular complexity index is 659. The van der Waals surface area contributed by atoms with E-state index in [0.29, 0.717) is 37.8 Å². The van der Waals surface area contributed by atoms with Crippen LogP contribution in [0.3, 0.4) is 0 Å². The molecule has 0 unspecified atom stereocenters. The molecule has 0 radical (unpaired) electrons. The molecule has 2 amide bonds. The first-order chi connectivity index (χ1) is 12.1. The molecule has 2 atom stereocenters. The molecule has 1 aromatic rings. The quantitative estimate of drug-likeness (QED) is 0.751. The molecular weight excluding hydrogens is 322 g/mol. The topological polar surface area (TPSA) is 78.9 Å². The highest BCUT2D eigenvalue weighted by molar-refractivity contribution is 5.94. The Morgan fingerprint density at radius 2 is 1.88 bits per heavy atom. The molecule has 1 aromatic heterocycles. The molecule has 0 saturated carbocycles. The summed E-state index contributed by atoms with van der Waals surface area (Å²) >= 11 is 0. The minimum Gasteiger partial charge on any atom is -0.378 e. The summed E-state index contributed by atoms with van der Waals surface area (Å²) in [6.45, 7) is 3.94. The van der Waals surface area contributed by atoms with Crippen molar-refractivity contribution in [3.63, 3.8) is 0 Å². The number of aromatic nitrogens is 2. The van der Waals surface area contributed by atoms with Crippen LogP contribution >= 0.6 is 0 Å². The van der Waals surface area contributed by atoms with Gasteiger partial charge >= 0.3 is 0 Å². The lowest BCUT2D eigenvalue weighted by molar-refractivity contribution is -0.138. The maximum Gasteiger partial charge on any atom is 0.257 e. The molecule has 0 aromatic carbocycles. The fourth-order valence-electron chi connectivity index (χ4n) is 3.86. The maximum absolute atomic E-state index is 12.9. The van der Waals surface area contributed by atoms with E-state index in [1.807, 2.05) is 7.05 Å². The van der Waals surface area contributed by atoms with Crippen molar-refractivity contribution in [1.82, 2.24) is 19.8 Å². The van der Waals surface area contributed by atoms with E-state index in [9.17, 15) is 9.59 Å². The molecule has 4 aliphatic heterocycles. The van der Waals surface area contributed by atoms with Crippen LogP contribution in [0.15, 0.2) is 12.4 Å². The Labute approximate surface area is 146 Å². The summed E-state index contributed by atoms with van der Waals surface area (Å²) in [6, 6.07) is 0.115. The van der Waals surface area contributed by atoms with Gasteiger partial charge in [-0.15, -0.1) is 0 Å². The molecule has 4 saturated heterocycles. The zero-order chi connectivity index (χ0) is 17.4. The summed E-state index contributed by atoms with van der Waals surface area (Å²) in [5, 5.41) is 0. The fourth-order valence-corrected chi connectivity index (χ4v) is 3.86. The lowest BCUT2D eigenvalue weighted by Gasteiger charge is -2.32. The molecule has 4 fully saturated rings. The van der Waals surface area contributed by atoms with Crippen molar-refractivity contribution in [3.8, 4) is 0 Å². The van der Waals surface area contributed by atoms with Gasteiger partial charge in [0.05, 0.1) is 24.7 Å². The summed E-state index contributed by atoms with van der Waals surface area (Å²) in [6.07, 6.45) is 5.02. The van der Waals surface area contributed by atoms with E-state index in [1.165, 1.54) is 0 Å². The second-order valence-corrected chi connectivity index (χ2v) is 6.96. The van der Waals surface area contributed by atoms with E-state index in [4.69, 9.17) is 4.74 Å². The molecule has 8 heteroatoms. The number of hydrogen-bond acceptors (Lipinski definition) is 6. The molecule has 134 valence electrons. The summed E-state index contributed by atoms with van der Waals surface area (Å²) in [7, 11) is 1.84. The largest absolute Gasteiger partial charge is 0.378 e. The Balaban J connectivity index is 1.48. The van der Waals surface area contributed by atoms with E-state index >= 15 is 0 Å². The number of amides is 2. The van der Waals surface area contributed by atoms with Crippen molar-refractivity contribution < 1.29 is 14.3 Å². The smallest absolute Gasteiger partial charge is 0.257 e. The number of hydrogen-bond donors (Lipinski definition) is 0. The van der Waals surface area contributed by atoms with Gasteiger partial charge in [-0.1, -0.05) is 0 Å². The van der Waals surface area contributed by atoms with Crippen molar-refractivity contribution in [2.24, 2.45) is 5.92 Å². The third-order valence-electron chi connectivity index (χ3n) is 5.43. The van der Waals surface area contributed by atoms with Crippen LogP contribution in [0.5, 0.6) is 0 Å². The predicted molar refractivity (Wildman–Crippen MR) is 90.2 cm³/mol. The lowest BCUT2D eigenvalue weighted by Crippen LogP contribution is -2.45. The van der Waals surface area contributed by atoms with Crippen LogP contribution in [-0.4, -0.2) is 84.1 Å². The van der Waals surface area contributed by atoms with Crippen molar-refractivity contribution in [2.45, 2.75) is 18.9 Å². The fraction of sp³-hybridized carbons (Fsp3) is 0.647. The van der Waals surface area contributed by atoms with Crippen LogP contribution in [0, 0.1) is 5.92 Å². The van der Waals surface area contributed by atoms with E-state index in [0.717, 1.165) is 25.9 Å². The minimum atomic E-state index is -0.0893. The summed E-state index contributed by atoms with van der Waals surface area (Å²) in [5.74, 6) is 0.617. The van der Waals surface area contributed by atoms with Gasteiger partial charge in [-0.05, 0) is 12.8 Å². The number of carbonyl (C=O) groups is 2. The van der Waals surface area contributed by atoms with Gasteiger partial charge in [0.2, 0.25) is 11.9 Å². The predicted octanol–water partition coefficient (Wildman–Crippen LogP) is 0.00600. The molecule has 4 aliphatic rings. The standard InChI is InChI=1S/C17H23N5O3/c1-20-14-3-2-12(15(20)23)10-22(11-14)16(24)13-8-18-17(19-9-13)21-4-6-25-7-5-21/h8-9,12,14H,2-7,10-11H2,1H3/t12-,14+/m1/s1. The number of nitrogens with zero attached hydrogens (tertiary/aromatic N) is 5. The lowest BCUT2D eigenvalue weighted by atomic mass is 9.95. The molecule has 8 nitrogen and oxygen atoms in total. The van der Waals surface area contributed by atoms with Gasteiger partial charge in [-0.3, -0.25) is 9.59 Å². The minimum absolute atomic E-state index is 0.0822. The van der Waals surface area contributed by atoms with Crippen molar-refractivity contribution in [3.05, 3.63) is 18.0 Å². The monoisotopic (exact) mass is 345 g/mol. The third-order valence-corrected chi connectivity index (χ3v) is 5.43. The second kappa shape index (κ2) is 6.59. The zero-order valence-corrected chi connectivity index (χ0v) is 14.4. The Morgan fingerprint density at radius 1 is 1.16 bits per heavy atom. The van der Waals surface area contributed by atoms with Gasteiger partial charge in [-0.25, -0.2) is 9.97 Å². The van der Waals surface area contributed by atoms with Gasteiger partial charge in [0.1, 0.15) is 0 Å². The van der Waals surface area contributed by atoms with E-state index in [-0.39, 0.29) is 23.8 Å². The summed E-state index contributed by atoms with van der Waals surface area (Å²) < 4.78 is 5.33. The number of ether oxygens (including phenoxy) is 1. The average Bonchev–Trinajstić information content (AvgIpc) is 2.95. The third kappa shape index (κ3) is 3.06. The van der Waals surface area contributed by atoms with Crippen LogP contribution in [0.2, 0.25) is 0 Å². The number of carbonyl (C=O) groups excluding carboxylic acids is 2. The first-order valence-corrected chi connectivity index (χ1v) is 8.84. The van der Waals surface area contributed by atoms with Gasteiger partial charge in [0.25, 0.3) is 5.91 Å². The summed E-state index contributed by atoms with van der Waals surface area (Å²) in [5.41, 5.74) is 0.480. The Kier molecular flexibility index (Phi) is 4.29. The number of piperidine rings is 1. The van der Waals surface area contributed by atoms with E-state index in [1.54, 1.807) is 22.2 Å². The van der Waals surface area contributed by atoms with Crippen LogP contribution in [0.25, 0.3) is 0 Å². The van der Waals surface area contributed by atoms with Gasteiger partial charge in [0.15, 0.2) is 0 Å². The summed E-state index contributed by atoms with van der Waals surface area (Å²) in [4.78, 5) is 39.5. The molecule has 5 heterocycles. The number of likely N-dealkylation sites (N-methyl/N-ethyl adjacent to an activating group) is 1. The zero-order valence-electron chi connectivity index (χ0n) is 14.4. The number of anilines is 1. The molecule has 0 N–H and O–H groups in total. The molecule has 5 rings (SSSR count). The van der Waals surface area contributed by atoms with Gasteiger partial charge < -0.3 is 19.4 Å². The van der Waals surface area contributed by atoms with Gasteiger partial charge in [0, 0.05) is 51.7 Å². The Hall–Kier alpha value is -2.22. The van der Waals surface area contributed by atoms with Crippen LogP contribution < -0.4 is 4.90 Å². The first-order valence-electron chi connectivity index (χ1n) is 8.84. The molecule has 0 aliphatic carbocycles. The van der Waals surface area contributed by atoms with Crippen molar-refractivity contribution in [2.75, 3.05) is 51.3 Å². The van der Waals surface area contributed by atoms with Crippen LogP contribution in [-0.2, 0) is 9.53 Å². The van der Waals surface area contributed by atoms with Crippen molar-refractivity contribution in [1.29, 1.82) is 0 Å². The van der Waals surface area contributed by atoms with Crippen LogP contribution in [0.1, 0.15) is 23.2 Å². The molecule has 2 bridgehead atoms. The molecule has 0 spiro atoms. The average molecular weight is 345 g/mol. The van der Waals surface area contributed by atoms with E-state index in [2.05, 4.69) is 14.9 Å². The molecular formula is C17H23N5O3. The highest BCUT2D eigenvalue weighted by Gasteiger charge is 2.40. The second-order valence-electron chi connectivity index (χ2n) is 6.96.